The maximum absolute atomic E-state index is 12.8. The lowest BCUT2D eigenvalue weighted by atomic mass is 9.98. The van der Waals surface area contributed by atoms with Crippen LogP contribution in [0, 0.1) is 12.8 Å². The lowest BCUT2D eigenvalue weighted by Gasteiger charge is -2.31. The van der Waals surface area contributed by atoms with Crippen molar-refractivity contribution in [3.63, 3.8) is 0 Å². The van der Waals surface area contributed by atoms with Crippen molar-refractivity contribution in [1.82, 2.24) is 4.90 Å². The van der Waals surface area contributed by atoms with Crippen LogP contribution in [-0.2, 0) is 9.53 Å². The second kappa shape index (κ2) is 6.44. The number of amides is 1. The van der Waals surface area contributed by atoms with E-state index >= 15 is 0 Å². The van der Waals surface area contributed by atoms with Gasteiger partial charge < -0.3 is 14.1 Å². The molecule has 5 nitrogen and oxygen atoms in total. The summed E-state index contributed by atoms with van der Waals surface area (Å²) < 4.78 is 10.8. The van der Waals surface area contributed by atoms with Gasteiger partial charge in [-0.2, -0.15) is 0 Å². The van der Waals surface area contributed by atoms with E-state index in [1.165, 1.54) is 0 Å². The van der Waals surface area contributed by atoms with Gasteiger partial charge in [0.2, 0.25) is 0 Å². The number of aryl methyl sites for hydroxylation is 1. The number of rotatable bonds is 3. The number of hydrogen-bond donors (Lipinski definition) is 0. The van der Waals surface area contributed by atoms with Gasteiger partial charge in [0.1, 0.15) is 5.58 Å². The van der Waals surface area contributed by atoms with E-state index in [2.05, 4.69) is 0 Å². The molecule has 0 aliphatic carbocycles. The van der Waals surface area contributed by atoms with E-state index in [-0.39, 0.29) is 17.8 Å². The zero-order valence-electron chi connectivity index (χ0n) is 13.5. The van der Waals surface area contributed by atoms with Crippen molar-refractivity contribution in [1.29, 1.82) is 0 Å². The van der Waals surface area contributed by atoms with Crippen LogP contribution in [0.25, 0.3) is 11.0 Å². The summed E-state index contributed by atoms with van der Waals surface area (Å²) in [5, 5.41) is 0.954. The first kappa shape index (κ1) is 15.6. The highest BCUT2D eigenvalue weighted by molar-refractivity contribution is 5.99. The molecule has 2 heterocycles. The number of furan rings is 1. The van der Waals surface area contributed by atoms with Crippen LogP contribution in [0.1, 0.15) is 35.9 Å². The number of carbonyl (C=O) groups is 2. The molecule has 0 spiro atoms. The molecule has 0 radical (unpaired) electrons. The molecule has 1 amide bonds. The summed E-state index contributed by atoms with van der Waals surface area (Å²) in [6.07, 6.45) is 1.57. The van der Waals surface area contributed by atoms with Crippen LogP contribution in [0.15, 0.2) is 28.7 Å². The normalized spacial score (nSPS) is 18.2. The maximum atomic E-state index is 12.8. The monoisotopic (exact) mass is 315 g/mol. The SMILES string of the molecule is CCOC(=O)C1CCCN(C(=O)c2oc3ccccc3c2C)C1. The van der Waals surface area contributed by atoms with Crippen LogP contribution in [0.2, 0.25) is 0 Å². The topological polar surface area (TPSA) is 59.8 Å². The van der Waals surface area contributed by atoms with Crippen molar-refractivity contribution < 1.29 is 18.7 Å². The molecular formula is C18H21NO4. The summed E-state index contributed by atoms with van der Waals surface area (Å²) in [6.45, 7) is 5.10. The Labute approximate surface area is 135 Å². The number of esters is 1. The molecular weight excluding hydrogens is 294 g/mol. The lowest BCUT2D eigenvalue weighted by Crippen LogP contribution is -2.42. The Morgan fingerprint density at radius 3 is 2.87 bits per heavy atom. The van der Waals surface area contributed by atoms with E-state index in [0.717, 1.165) is 23.8 Å². The van der Waals surface area contributed by atoms with E-state index in [0.29, 0.717) is 31.0 Å². The Morgan fingerprint density at radius 1 is 1.35 bits per heavy atom. The summed E-state index contributed by atoms with van der Waals surface area (Å²) >= 11 is 0. The summed E-state index contributed by atoms with van der Waals surface area (Å²) in [5.74, 6) is -0.230. The maximum Gasteiger partial charge on any atom is 0.310 e. The third kappa shape index (κ3) is 2.96. The Hall–Kier alpha value is -2.30. The molecule has 23 heavy (non-hydrogen) atoms. The average molecular weight is 315 g/mol. The highest BCUT2D eigenvalue weighted by atomic mass is 16.5. The van der Waals surface area contributed by atoms with E-state index in [1.807, 2.05) is 31.2 Å². The van der Waals surface area contributed by atoms with Crippen LogP contribution < -0.4 is 0 Å². The number of carbonyl (C=O) groups excluding carboxylic acids is 2. The van der Waals surface area contributed by atoms with Gasteiger partial charge in [-0.1, -0.05) is 18.2 Å². The minimum absolute atomic E-state index is 0.146. The third-order valence-corrected chi connectivity index (χ3v) is 4.37. The van der Waals surface area contributed by atoms with Crippen molar-refractivity contribution in [3.8, 4) is 0 Å². The Kier molecular flexibility index (Phi) is 4.37. The van der Waals surface area contributed by atoms with Crippen molar-refractivity contribution in [2.24, 2.45) is 5.92 Å². The van der Waals surface area contributed by atoms with Crippen LogP contribution in [-0.4, -0.2) is 36.5 Å². The largest absolute Gasteiger partial charge is 0.466 e. The number of piperidine rings is 1. The molecule has 2 aromatic rings. The fourth-order valence-electron chi connectivity index (χ4n) is 3.14. The van der Waals surface area contributed by atoms with Crippen LogP contribution >= 0.6 is 0 Å². The van der Waals surface area contributed by atoms with Gasteiger partial charge in [0.05, 0.1) is 12.5 Å². The third-order valence-electron chi connectivity index (χ3n) is 4.37. The number of benzene rings is 1. The van der Waals surface area contributed by atoms with Crippen molar-refractivity contribution >= 4 is 22.8 Å². The lowest BCUT2D eigenvalue weighted by molar-refractivity contribution is -0.149. The van der Waals surface area contributed by atoms with Gasteiger partial charge in [-0.25, -0.2) is 0 Å². The Bertz CT molecular complexity index is 734. The molecule has 5 heteroatoms. The standard InChI is InChI=1S/C18H21NO4/c1-3-22-18(21)13-7-6-10-19(11-13)17(20)16-12(2)14-8-4-5-9-15(14)23-16/h4-5,8-9,13H,3,6-7,10-11H2,1-2H3. The molecule has 1 aliphatic rings. The quantitative estimate of drug-likeness (QED) is 0.816. The summed E-state index contributed by atoms with van der Waals surface area (Å²) in [5.41, 5.74) is 1.57. The second-order valence-corrected chi connectivity index (χ2v) is 5.89. The van der Waals surface area contributed by atoms with Crippen molar-refractivity contribution in [3.05, 3.63) is 35.6 Å². The highest BCUT2D eigenvalue weighted by Gasteiger charge is 2.31. The molecule has 0 saturated carbocycles. The number of nitrogens with zero attached hydrogens (tertiary/aromatic N) is 1. The Balaban J connectivity index is 1.81. The summed E-state index contributed by atoms with van der Waals surface area (Å²) in [6, 6.07) is 7.62. The molecule has 0 bridgehead atoms. The highest BCUT2D eigenvalue weighted by Crippen LogP contribution is 2.27. The first-order chi connectivity index (χ1) is 11.1. The Morgan fingerprint density at radius 2 is 2.13 bits per heavy atom. The van der Waals surface area contributed by atoms with Crippen LogP contribution in [0.4, 0.5) is 0 Å². The number of likely N-dealkylation sites (tertiary alicyclic amines) is 1. The van der Waals surface area contributed by atoms with Gasteiger partial charge in [-0.15, -0.1) is 0 Å². The van der Waals surface area contributed by atoms with E-state index in [9.17, 15) is 9.59 Å². The molecule has 1 aromatic heterocycles. The molecule has 1 fully saturated rings. The molecule has 1 aliphatic heterocycles. The first-order valence-electron chi connectivity index (χ1n) is 8.05. The average Bonchev–Trinajstić information content (AvgIpc) is 2.92. The van der Waals surface area contributed by atoms with Crippen LogP contribution in [0.5, 0.6) is 0 Å². The van der Waals surface area contributed by atoms with Gasteiger partial charge in [0, 0.05) is 24.0 Å². The summed E-state index contributed by atoms with van der Waals surface area (Å²) in [4.78, 5) is 26.4. The predicted octanol–water partition coefficient (Wildman–Crippen LogP) is 3.16. The van der Waals surface area contributed by atoms with Gasteiger partial charge in [0.25, 0.3) is 5.91 Å². The van der Waals surface area contributed by atoms with Gasteiger partial charge in [-0.3, -0.25) is 9.59 Å². The van der Waals surface area contributed by atoms with Gasteiger partial charge in [-0.05, 0) is 32.8 Å². The molecule has 3 rings (SSSR count). The van der Waals surface area contributed by atoms with E-state index < -0.39 is 0 Å². The minimum Gasteiger partial charge on any atom is -0.466 e. The second-order valence-electron chi connectivity index (χ2n) is 5.89. The summed E-state index contributed by atoms with van der Waals surface area (Å²) in [7, 11) is 0. The molecule has 0 N–H and O–H groups in total. The molecule has 122 valence electrons. The fourth-order valence-corrected chi connectivity index (χ4v) is 3.14. The molecule has 1 unspecified atom stereocenters. The van der Waals surface area contributed by atoms with E-state index in [1.54, 1.807) is 11.8 Å². The number of ether oxygens (including phenoxy) is 1. The fraction of sp³-hybridized carbons (Fsp3) is 0.444. The number of para-hydroxylation sites is 1. The molecule has 1 aromatic carbocycles. The zero-order chi connectivity index (χ0) is 16.4. The predicted molar refractivity (Wildman–Crippen MR) is 86.2 cm³/mol. The number of hydrogen-bond acceptors (Lipinski definition) is 4. The smallest absolute Gasteiger partial charge is 0.310 e. The van der Waals surface area contributed by atoms with Crippen molar-refractivity contribution in [2.75, 3.05) is 19.7 Å². The van der Waals surface area contributed by atoms with Gasteiger partial charge in [0.15, 0.2) is 5.76 Å². The number of fused-ring (bicyclic) bond motifs is 1. The minimum atomic E-state index is -0.239. The molecule has 1 saturated heterocycles. The zero-order valence-corrected chi connectivity index (χ0v) is 13.5. The van der Waals surface area contributed by atoms with Crippen LogP contribution in [0.3, 0.4) is 0 Å². The van der Waals surface area contributed by atoms with Gasteiger partial charge >= 0.3 is 5.97 Å². The van der Waals surface area contributed by atoms with Crippen molar-refractivity contribution in [2.45, 2.75) is 26.7 Å². The molecule has 1 atom stereocenters. The van der Waals surface area contributed by atoms with E-state index in [4.69, 9.17) is 9.15 Å². The first-order valence-corrected chi connectivity index (χ1v) is 8.05.